The van der Waals surface area contributed by atoms with Gasteiger partial charge in [-0.1, -0.05) is 162 Å². The maximum atomic E-state index is 13.3. The van der Waals surface area contributed by atoms with Crippen molar-refractivity contribution in [3.05, 3.63) is 0 Å². The van der Waals surface area contributed by atoms with Crippen molar-refractivity contribution in [3.8, 4) is 0 Å². The van der Waals surface area contributed by atoms with Crippen LogP contribution >= 0.6 is 0 Å². The summed E-state index contributed by atoms with van der Waals surface area (Å²) < 4.78 is 23.6. The lowest BCUT2D eigenvalue weighted by atomic mass is 10.0. The third-order valence-corrected chi connectivity index (χ3v) is 12.4. The van der Waals surface area contributed by atoms with Gasteiger partial charge in [0.2, 0.25) is 0 Å². The van der Waals surface area contributed by atoms with E-state index in [0.29, 0.717) is 39.1 Å². The molecule has 61 heavy (non-hydrogen) atoms. The van der Waals surface area contributed by atoms with Crippen LogP contribution in [0.3, 0.4) is 0 Å². The Balaban J connectivity index is 2.34. The molecule has 9 nitrogen and oxygen atoms in total. The Morgan fingerprint density at radius 2 is 0.984 bits per heavy atom. The highest BCUT2D eigenvalue weighted by molar-refractivity contribution is 5.76. The van der Waals surface area contributed by atoms with Crippen LogP contribution in [-0.2, 0) is 33.3 Å². The normalized spacial score (nSPS) is 15.6. The highest BCUT2D eigenvalue weighted by Crippen LogP contribution is 2.24. The molecule has 0 bridgehead atoms. The first kappa shape index (κ1) is 57.3. The molecule has 0 amide bonds. The largest absolute Gasteiger partial charge is 0.466 e. The van der Waals surface area contributed by atoms with Crippen LogP contribution in [0.25, 0.3) is 0 Å². The van der Waals surface area contributed by atoms with Gasteiger partial charge in [0.1, 0.15) is 12.1 Å². The smallest absolute Gasteiger partial charge is 0.323 e. The summed E-state index contributed by atoms with van der Waals surface area (Å²) in [5.41, 5.74) is 0. The Morgan fingerprint density at radius 1 is 0.525 bits per heavy atom. The van der Waals surface area contributed by atoms with E-state index in [1.54, 1.807) is 0 Å². The third kappa shape index (κ3) is 35.3. The average molecular weight is 865 g/mol. The van der Waals surface area contributed by atoms with Crippen molar-refractivity contribution in [1.29, 1.82) is 0 Å². The molecule has 1 aliphatic rings. The predicted molar refractivity (Wildman–Crippen MR) is 254 cm³/mol. The van der Waals surface area contributed by atoms with Gasteiger partial charge in [-0.2, -0.15) is 0 Å². The number of carbonyl (C=O) groups is 3. The van der Waals surface area contributed by atoms with E-state index in [0.717, 1.165) is 116 Å². The molecule has 1 heterocycles. The van der Waals surface area contributed by atoms with Gasteiger partial charge in [0.05, 0.1) is 19.3 Å². The van der Waals surface area contributed by atoms with Crippen molar-refractivity contribution in [1.82, 2.24) is 9.80 Å². The van der Waals surface area contributed by atoms with Gasteiger partial charge in [0, 0.05) is 32.4 Å². The van der Waals surface area contributed by atoms with Crippen molar-refractivity contribution >= 4 is 17.9 Å². The molecule has 1 fully saturated rings. The molecule has 2 atom stereocenters. The number of carbonyl (C=O) groups excluding carboxylic acids is 3. The summed E-state index contributed by atoms with van der Waals surface area (Å²) in [5, 5.41) is 0. The molecule has 0 spiro atoms. The van der Waals surface area contributed by atoms with Crippen LogP contribution in [-0.4, -0.2) is 99.5 Å². The molecule has 1 saturated heterocycles. The number of unbranched alkanes of at least 4 members (excludes halogenated alkanes) is 24. The lowest BCUT2D eigenvalue weighted by Gasteiger charge is -2.22. The monoisotopic (exact) mass is 865 g/mol. The minimum atomic E-state index is -0.280. The lowest BCUT2D eigenvalue weighted by molar-refractivity contribution is -0.150. The summed E-state index contributed by atoms with van der Waals surface area (Å²) >= 11 is 0. The van der Waals surface area contributed by atoms with Crippen molar-refractivity contribution in [2.75, 3.05) is 53.6 Å². The van der Waals surface area contributed by atoms with Gasteiger partial charge >= 0.3 is 17.9 Å². The van der Waals surface area contributed by atoms with E-state index in [1.165, 1.54) is 109 Å². The molecular weight excluding hydrogens is 765 g/mol. The topological polar surface area (TPSA) is 94.6 Å². The Kier molecular flexibility index (Phi) is 39.7. The van der Waals surface area contributed by atoms with E-state index in [2.05, 4.69) is 44.7 Å². The molecule has 0 aromatic rings. The summed E-state index contributed by atoms with van der Waals surface area (Å²) in [5.74, 6) is -0.255. The number of nitrogens with zero attached hydrogens (tertiary/aromatic N) is 2. The Morgan fingerprint density at radius 3 is 1.52 bits per heavy atom. The Labute approximate surface area is 377 Å². The van der Waals surface area contributed by atoms with Crippen molar-refractivity contribution in [2.45, 2.75) is 264 Å². The van der Waals surface area contributed by atoms with Crippen LogP contribution in [0.4, 0.5) is 0 Å². The molecule has 0 saturated carbocycles. The highest BCUT2D eigenvalue weighted by Gasteiger charge is 2.38. The summed E-state index contributed by atoms with van der Waals surface area (Å²) in [4.78, 5) is 42.8. The fourth-order valence-corrected chi connectivity index (χ4v) is 8.52. The standard InChI is InChI=1S/C52H100N2O7/c1-6-9-12-15-18-19-20-25-33-42-59-50(55)38-31-27-32-41-54-46-48(58-44-35-40-53(4)5)45-49(54)52(57)60-43-34-26-21-24-30-39-51(56)61-47(36-28-22-16-13-10-7-2)37-29-23-17-14-11-8-3/h47-49H,6-46H2,1-5H3/t48?,49-/m0/s1. The zero-order chi connectivity index (χ0) is 44.4. The molecule has 1 unspecified atom stereocenters. The number of hydrogen-bond acceptors (Lipinski definition) is 9. The van der Waals surface area contributed by atoms with Gasteiger partial charge < -0.3 is 23.8 Å². The zero-order valence-corrected chi connectivity index (χ0v) is 41.0. The van der Waals surface area contributed by atoms with Crippen LogP contribution < -0.4 is 0 Å². The molecule has 0 aromatic heterocycles. The van der Waals surface area contributed by atoms with Gasteiger partial charge in [-0.15, -0.1) is 0 Å². The van der Waals surface area contributed by atoms with Crippen molar-refractivity contribution in [3.63, 3.8) is 0 Å². The van der Waals surface area contributed by atoms with E-state index in [4.69, 9.17) is 18.9 Å². The van der Waals surface area contributed by atoms with Crippen LogP contribution in [0.15, 0.2) is 0 Å². The van der Waals surface area contributed by atoms with Crippen LogP contribution in [0, 0.1) is 0 Å². The number of ether oxygens (including phenoxy) is 4. The highest BCUT2D eigenvalue weighted by atomic mass is 16.5. The van der Waals surface area contributed by atoms with Crippen LogP contribution in [0.2, 0.25) is 0 Å². The summed E-state index contributed by atoms with van der Waals surface area (Å²) in [6.07, 6.45) is 38.5. The minimum absolute atomic E-state index is 0.0286. The summed E-state index contributed by atoms with van der Waals surface area (Å²) in [6, 6.07) is -0.280. The molecule has 9 heteroatoms. The fourth-order valence-electron chi connectivity index (χ4n) is 8.52. The molecule has 0 aliphatic carbocycles. The SMILES string of the molecule is CCCCCCCCCCCOC(=O)CCCCCN1CC(OCCCN(C)C)C[C@H]1C(=O)OCCCCCCCC(=O)OC(CCCCCCCC)CCCCCCCC. The minimum Gasteiger partial charge on any atom is -0.466 e. The first-order chi connectivity index (χ1) is 29.8. The lowest BCUT2D eigenvalue weighted by Crippen LogP contribution is -2.38. The molecule has 0 aromatic carbocycles. The second kappa shape index (κ2) is 42.3. The van der Waals surface area contributed by atoms with Crippen LogP contribution in [0.1, 0.15) is 245 Å². The van der Waals surface area contributed by atoms with E-state index in [1.807, 2.05) is 0 Å². The zero-order valence-electron chi connectivity index (χ0n) is 41.0. The number of rotatable bonds is 45. The van der Waals surface area contributed by atoms with Gasteiger partial charge in [0.15, 0.2) is 0 Å². The summed E-state index contributed by atoms with van der Waals surface area (Å²) in [7, 11) is 4.14. The molecule has 1 rings (SSSR count). The maximum Gasteiger partial charge on any atom is 0.323 e. The third-order valence-electron chi connectivity index (χ3n) is 12.4. The van der Waals surface area contributed by atoms with E-state index in [-0.39, 0.29) is 36.2 Å². The molecule has 360 valence electrons. The number of hydrogen-bond donors (Lipinski definition) is 0. The predicted octanol–water partition coefficient (Wildman–Crippen LogP) is 13.3. The Bertz CT molecular complexity index is 994. The van der Waals surface area contributed by atoms with Crippen LogP contribution in [0.5, 0.6) is 0 Å². The second-order valence-electron chi connectivity index (χ2n) is 18.7. The first-order valence-corrected chi connectivity index (χ1v) is 26.3. The Hall–Kier alpha value is -1.71. The number of likely N-dealkylation sites (tertiary alicyclic amines) is 1. The molecular formula is C52H100N2O7. The van der Waals surface area contributed by atoms with Gasteiger partial charge in [-0.3, -0.25) is 19.3 Å². The average Bonchev–Trinajstić information content (AvgIpc) is 3.66. The molecule has 1 aliphatic heterocycles. The van der Waals surface area contributed by atoms with Gasteiger partial charge in [0.25, 0.3) is 0 Å². The first-order valence-electron chi connectivity index (χ1n) is 26.3. The summed E-state index contributed by atoms with van der Waals surface area (Å²) in [6.45, 7) is 10.9. The fraction of sp³-hybridized carbons (Fsp3) is 0.942. The maximum absolute atomic E-state index is 13.3. The van der Waals surface area contributed by atoms with E-state index in [9.17, 15) is 14.4 Å². The second-order valence-corrected chi connectivity index (χ2v) is 18.7. The van der Waals surface area contributed by atoms with Gasteiger partial charge in [-0.25, -0.2) is 0 Å². The van der Waals surface area contributed by atoms with Gasteiger partial charge in [-0.05, 0) is 91.4 Å². The molecule has 0 radical (unpaired) electrons. The molecule has 0 N–H and O–H groups in total. The van der Waals surface area contributed by atoms with Crippen molar-refractivity contribution in [2.24, 2.45) is 0 Å². The quantitative estimate of drug-likeness (QED) is 0.0337. The van der Waals surface area contributed by atoms with E-state index < -0.39 is 0 Å². The number of esters is 3. The van der Waals surface area contributed by atoms with E-state index >= 15 is 0 Å². The van der Waals surface area contributed by atoms with Crippen molar-refractivity contribution < 1.29 is 33.3 Å².